The van der Waals surface area contributed by atoms with Crippen LogP contribution in [-0.2, 0) is 6.54 Å². The van der Waals surface area contributed by atoms with Gasteiger partial charge in [0.25, 0.3) is 0 Å². The van der Waals surface area contributed by atoms with E-state index < -0.39 is 11.6 Å². The Morgan fingerprint density at radius 2 is 1.89 bits per heavy atom. The third kappa shape index (κ3) is 3.75. The molecule has 2 aromatic carbocycles. The maximum Gasteiger partial charge on any atom is 0.159 e. The summed E-state index contributed by atoms with van der Waals surface area (Å²) in [6, 6.07) is 11.5. The third-order valence-electron chi connectivity index (χ3n) is 2.95. The van der Waals surface area contributed by atoms with Gasteiger partial charge in [0, 0.05) is 17.6 Å². The molecule has 100 valence electrons. The molecule has 1 N–H and O–H groups in total. The summed E-state index contributed by atoms with van der Waals surface area (Å²) >= 11 is 5.93. The van der Waals surface area contributed by atoms with Crippen molar-refractivity contribution < 1.29 is 8.78 Å². The first-order valence-corrected chi connectivity index (χ1v) is 6.37. The first-order valence-electron chi connectivity index (χ1n) is 5.99. The van der Waals surface area contributed by atoms with E-state index in [9.17, 15) is 8.78 Å². The Balaban J connectivity index is 2.00. The molecule has 2 rings (SSSR count). The van der Waals surface area contributed by atoms with E-state index in [0.717, 1.165) is 11.6 Å². The summed E-state index contributed by atoms with van der Waals surface area (Å²) in [4.78, 5) is 0. The van der Waals surface area contributed by atoms with Gasteiger partial charge in [-0.05, 0) is 42.3 Å². The van der Waals surface area contributed by atoms with E-state index >= 15 is 0 Å². The van der Waals surface area contributed by atoms with Crippen molar-refractivity contribution in [2.24, 2.45) is 0 Å². The molecular weight excluding hydrogens is 268 g/mol. The second kappa shape index (κ2) is 6.13. The van der Waals surface area contributed by atoms with Gasteiger partial charge in [-0.25, -0.2) is 8.78 Å². The Morgan fingerprint density at radius 3 is 2.58 bits per heavy atom. The molecular formula is C15H14ClF2N. The molecule has 0 aliphatic heterocycles. The van der Waals surface area contributed by atoms with Crippen molar-refractivity contribution >= 4 is 11.6 Å². The summed E-state index contributed by atoms with van der Waals surface area (Å²) in [5, 5.41) is 3.92. The fourth-order valence-corrected chi connectivity index (χ4v) is 2.01. The summed E-state index contributed by atoms with van der Waals surface area (Å²) < 4.78 is 25.9. The minimum atomic E-state index is -0.827. The van der Waals surface area contributed by atoms with Crippen molar-refractivity contribution in [2.45, 2.75) is 19.5 Å². The van der Waals surface area contributed by atoms with Crippen molar-refractivity contribution in [1.82, 2.24) is 5.32 Å². The molecule has 0 fully saturated rings. The molecule has 1 nitrogen and oxygen atoms in total. The molecule has 0 radical (unpaired) electrons. The van der Waals surface area contributed by atoms with E-state index in [1.807, 2.05) is 31.2 Å². The summed E-state index contributed by atoms with van der Waals surface area (Å²) in [5.74, 6) is -1.65. The van der Waals surface area contributed by atoms with Crippen LogP contribution in [-0.4, -0.2) is 0 Å². The number of nitrogens with one attached hydrogen (secondary N) is 1. The number of halogens is 3. The monoisotopic (exact) mass is 281 g/mol. The third-order valence-corrected chi connectivity index (χ3v) is 3.18. The lowest BCUT2D eigenvalue weighted by molar-refractivity contribution is 0.504. The second-order valence-corrected chi connectivity index (χ2v) is 4.84. The van der Waals surface area contributed by atoms with Crippen LogP contribution in [0.1, 0.15) is 24.1 Å². The second-order valence-electron chi connectivity index (χ2n) is 4.41. The molecule has 0 aliphatic rings. The Hall–Kier alpha value is -1.45. The SMILES string of the molecule is C[C@@H](NCc1ccc(F)c(F)c1)c1cccc(Cl)c1. The van der Waals surface area contributed by atoms with E-state index in [0.29, 0.717) is 17.1 Å². The number of benzene rings is 2. The normalized spacial score (nSPS) is 12.4. The predicted molar refractivity (Wildman–Crippen MR) is 73.1 cm³/mol. The zero-order chi connectivity index (χ0) is 13.8. The van der Waals surface area contributed by atoms with Crippen molar-refractivity contribution in [3.63, 3.8) is 0 Å². The Morgan fingerprint density at radius 1 is 1.11 bits per heavy atom. The maximum absolute atomic E-state index is 13.1. The van der Waals surface area contributed by atoms with Crippen molar-refractivity contribution in [2.75, 3.05) is 0 Å². The first kappa shape index (κ1) is 14.0. The van der Waals surface area contributed by atoms with Crippen molar-refractivity contribution in [1.29, 1.82) is 0 Å². The van der Waals surface area contributed by atoms with Crippen molar-refractivity contribution in [3.8, 4) is 0 Å². The molecule has 0 spiro atoms. The zero-order valence-electron chi connectivity index (χ0n) is 10.5. The highest BCUT2D eigenvalue weighted by Gasteiger charge is 2.07. The Bertz CT molecular complexity index is 572. The first-order chi connectivity index (χ1) is 9.06. The van der Waals surface area contributed by atoms with Gasteiger partial charge in [-0.15, -0.1) is 0 Å². The van der Waals surface area contributed by atoms with Gasteiger partial charge in [0.2, 0.25) is 0 Å². The van der Waals surface area contributed by atoms with Crippen LogP contribution in [0.2, 0.25) is 5.02 Å². The van der Waals surface area contributed by atoms with E-state index in [1.54, 1.807) is 6.07 Å². The van der Waals surface area contributed by atoms with E-state index in [1.165, 1.54) is 6.07 Å². The average molecular weight is 282 g/mol. The minimum Gasteiger partial charge on any atom is -0.306 e. The lowest BCUT2D eigenvalue weighted by atomic mass is 10.1. The van der Waals surface area contributed by atoms with E-state index in [-0.39, 0.29) is 6.04 Å². The Kier molecular flexibility index (Phi) is 4.51. The highest BCUT2D eigenvalue weighted by molar-refractivity contribution is 6.30. The predicted octanol–water partition coefficient (Wildman–Crippen LogP) is 4.47. The quantitative estimate of drug-likeness (QED) is 0.872. The molecule has 0 saturated carbocycles. The number of hydrogen-bond donors (Lipinski definition) is 1. The van der Waals surface area contributed by atoms with Gasteiger partial charge in [0.05, 0.1) is 0 Å². The number of hydrogen-bond acceptors (Lipinski definition) is 1. The van der Waals surface area contributed by atoms with Gasteiger partial charge in [-0.3, -0.25) is 0 Å². The molecule has 0 amide bonds. The topological polar surface area (TPSA) is 12.0 Å². The van der Waals surface area contributed by atoms with Crippen LogP contribution in [0.4, 0.5) is 8.78 Å². The molecule has 0 aromatic heterocycles. The van der Waals surface area contributed by atoms with Gasteiger partial charge >= 0.3 is 0 Å². The van der Waals surface area contributed by atoms with Crippen LogP contribution in [0.15, 0.2) is 42.5 Å². The van der Waals surface area contributed by atoms with Gasteiger partial charge in [0.1, 0.15) is 0 Å². The molecule has 1 atom stereocenters. The molecule has 4 heteroatoms. The van der Waals surface area contributed by atoms with Crippen molar-refractivity contribution in [3.05, 3.63) is 70.2 Å². The smallest absolute Gasteiger partial charge is 0.159 e. The van der Waals surface area contributed by atoms with E-state index in [2.05, 4.69) is 5.32 Å². The van der Waals surface area contributed by atoms with Crippen LogP contribution >= 0.6 is 11.6 Å². The average Bonchev–Trinajstić information content (AvgIpc) is 2.40. The van der Waals surface area contributed by atoms with Gasteiger partial charge in [0.15, 0.2) is 11.6 Å². The van der Waals surface area contributed by atoms with Crippen LogP contribution in [0.5, 0.6) is 0 Å². The van der Waals surface area contributed by atoms with Crippen LogP contribution in [0.25, 0.3) is 0 Å². The lowest BCUT2D eigenvalue weighted by Crippen LogP contribution is -2.18. The van der Waals surface area contributed by atoms with Crippen LogP contribution < -0.4 is 5.32 Å². The molecule has 0 heterocycles. The summed E-state index contributed by atoms with van der Waals surface area (Å²) in [7, 11) is 0. The van der Waals surface area contributed by atoms with E-state index in [4.69, 9.17) is 11.6 Å². The highest BCUT2D eigenvalue weighted by Crippen LogP contribution is 2.18. The molecule has 19 heavy (non-hydrogen) atoms. The molecule has 0 saturated heterocycles. The fraction of sp³-hybridized carbons (Fsp3) is 0.200. The van der Waals surface area contributed by atoms with Gasteiger partial charge in [-0.1, -0.05) is 29.8 Å². The minimum absolute atomic E-state index is 0.0758. The Labute approximate surface area is 116 Å². The molecule has 2 aromatic rings. The summed E-state index contributed by atoms with van der Waals surface area (Å²) in [6.45, 7) is 2.45. The standard InChI is InChI=1S/C15H14ClF2N/c1-10(12-3-2-4-13(16)8-12)19-9-11-5-6-14(17)15(18)7-11/h2-8,10,19H,9H2,1H3/t10-/m1/s1. The largest absolute Gasteiger partial charge is 0.306 e. The van der Waals surface area contributed by atoms with Gasteiger partial charge in [-0.2, -0.15) is 0 Å². The maximum atomic E-state index is 13.1. The highest BCUT2D eigenvalue weighted by atomic mass is 35.5. The summed E-state index contributed by atoms with van der Waals surface area (Å²) in [5.41, 5.74) is 1.75. The zero-order valence-corrected chi connectivity index (χ0v) is 11.2. The lowest BCUT2D eigenvalue weighted by Gasteiger charge is -2.14. The number of rotatable bonds is 4. The summed E-state index contributed by atoms with van der Waals surface area (Å²) in [6.07, 6.45) is 0. The van der Waals surface area contributed by atoms with Gasteiger partial charge < -0.3 is 5.32 Å². The van der Waals surface area contributed by atoms with Crippen LogP contribution in [0.3, 0.4) is 0 Å². The molecule has 0 aliphatic carbocycles. The molecule has 0 bridgehead atoms. The van der Waals surface area contributed by atoms with Crippen LogP contribution in [0, 0.1) is 11.6 Å². The fourth-order valence-electron chi connectivity index (χ4n) is 1.81. The molecule has 0 unspecified atom stereocenters.